The Balaban J connectivity index is 1.47. The number of amides is 2. The van der Waals surface area contributed by atoms with Crippen LogP contribution >= 0.6 is 0 Å². The van der Waals surface area contributed by atoms with Crippen LogP contribution in [0.25, 0.3) is 0 Å². The van der Waals surface area contributed by atoms with Crippen molar-refractivity contribution < 1.29 is 18.7 Å². The molecule has 0 bridgehead atoms. The number of anilines is 1. The molecular formula is C19H23N3O4. The SMILES string of the molecule is CCOC(=O)c1ccc(NC(=O)N2CCN(Cc3ccco3)CC2)cc1. The van der Waals surface area contributed by atoms with Gasteiger partial charge in [-0.05, 0) is 43.3 Å². The minimum atomic E-state index is -0.363. The Morgan fingerprint density at radius 1 is 1.12 bits per heavy atom. The third kappa shape index (κ3) is 4.64. The van der Waals surface area contributed by atoms with E-state index >= 15 is 0 Å². The molecule has 0 aliphatic carbocycles. The van der Waals surface area contributed by atoms with Crippen molar-refractivity contribution in [2.24, 2.45) is 0 Å². The van der Waals surface area contributed by atoms with Crippen LogP contribution in [0.15, 0.2) is 47.1 Å². The van der Waals surface area contributed by atoms with E-state index in [9.17, 15) is 9.59 Å². The van der Waals surface area contributed by atoms with Crippen molar-refractivity contribution >= 4 is 17.7 Å². The van der Waals surface area contributed by atoms with E-state index in [0.29, 0.717) is 30.9 Å². The summed E-state index contributed by atoms with van der Waals surface area (Å²) in [5, 5.41) is 2.87. The van der Waals surface area contributed by atoms with Gasteiger partial charge in [0.05, 0.1) is 25.0 Å². The summed E-state index contributed by atoms with van der Waals surface area (Å²) in [6, 6.07) is 10.4. The molecule has 7 nitrogen and oxygen atoms in total. The van der Waals surface area contributed by atoms with E-state index in [2.05, 4.69) is 10.2 Å². The van der Waals surface area contributed by atoms with Crippen molar-refractivity contribution in [2.75, 3.05) is 38.1 Å². The number of rotatable bonds is 5. The molecule has 1 N–H and O–H groups in total. The first-order valence-electron chi connectivity index (χ1n) is 8.73. The summed E-state index contributed by atoms with van der Waals surface area (Å²) in [6.07, 6.45) is 1.67. The van der Waals surface area contributed by atoms with Crippen LogP contribution in [0.1, 0.15) is 23.0 Å². The fourth-order valence-corrected chi connectivity index (χ4v) is 2.84. The highest BCUT2D eigenvalue weighted by Gasteiger charge is 2.21. The molecule has 1 fully saturated rings. The Hall–Kier alpha value is -2.80. The first kappa shape index (κ1) is 18.0. The number of hydrogen-bond donors (Lipinski definition) is 1. The monoisotopic (exact) mass is 357 g/mol. The second-order valence-corrected chi connectivity index (χ2v) is 6.07. The number of hydrogen-bond acceptors (Lipinski definition) is 5. The molecule has 2 aromatic rings. The predicted octanol–water partition coefficient (Wildman–Crippen LogP) is 2.81. The van der Waals surface area contributed by atoms with Gasteiger partial charge in [-0.3, -0.25) is 4.90 Å². The summed E-state index contributed by atoms with van der Waals surface area (Å²) in [4.78, 5) is 28.1. The molecule has 2 amide bonds. The maximum atomic E-state index is 12.4. The Morgan fingerprint density at radius 2 is 1.85 bits per heavy atom. The van der Waals surface area contributed by atoms with E-state index in [1.807, 2.05) is 12.1 Å². The van der Waals surface area contributed by atoms with Gasteiger partial charge in [0, 0.05) is 31.9 Å². The maximum Gasteiger partial charge on any atom is 0.338 e. The zero-order chi connectivity index (χ0) is 18.4. The van der Waals surface area contributed by atoms with Crippen LogP contribution in [0.5, 0.6) is 0 Å². The van der Waals surface area contributed by atoms with Crippen LogP contribution in [-0.2, 0) is 11.3 Å². The van der Waals surface area contributed by atoms with E-state index in [0.717, 1.165) is 25.4 Å². The molecule has 1 aliphatic rings. The van der Waals surface area contributed by atoms with Crippen LogP contribution in [-0.4, -0.2) is 54.6 Å². The number of urea groups is 1. The van der Waals surface area contributed by atoms with Gasteiger partial charge in [-0.1, -0.05) is 0 Å². The van der Waals surface area contributed by atoms with Crippen molar-refractivity contribution in [2.45, 2.75) is 13.5 Å². The zero-order valence-electron chi connectivity index (χ0n) is 14.8. The summed E-state index contributed by atoms with van der Waals surface area (Å²) < 4.78 is 10.3. The highest BCUT2D eigenvalue weighted by atomic mass is 16.5. The van der Waals surface area contributed by atoms with Gasteiger partial charge in [0.1, 0.15) is 5.76 Å². The lowest BCUT2D eigenvalue weighted by atomic mass is 10.2. The molecule has 26 heavy (non-hydrogen) atoms. The molecule has 3 rings (SSSR count). The minimum Gasteiger partial charge on any atom is -0.468 e. The Bertz CT molecular complexity index is 720. The number of nitrogens with zero attached hydrogens (tertiary/aromatic N) is 2. The number of furan rings is 1. The first-order chi connectivity index (χ1) is 12.7. The Kier molecular flexibility index (Phi) is 5.91. The summed E-state index contributed by atoms with van der Waals surface area (Å²) in [5.74, 6) is 0.572. The molecule has 1 aliphatic heterocycles. The molecule has 0 atom stereocenters. The van der Waals surface area contributed by atoms with E-state index in [1.54, 1.807) is 42.4 Å². The quantitative estimate of drug-likeness (QED) is 0.833. The van der Waals surface area contributed by atoms with Crippen molar-refractivity contribution in [3.05, 3.63) is 54.0 Å². The number of ether oxygens (including phenoxy) is 1. The number of benzene rings is 1. The zero-order valence-corrected chi connectivity index (χ0v) is 14.8. The highest BCUT2D eigenvalue weighted by molar-refractivity contribution is 5.92. The number of piperazine rings is 1. The standard InChI is InChI=1S/C19H23N3O4/c1-2-25-18(23)15-5-7-16(8-6-15)20-19(24)22-11-9-21(10-12-22)14-17-4-3-13-26-17/h3-8,13H,2,9-12,14H2,1H3,(H,20,24). The van der Waals surface area contributed by atoms with Gasteiger partial charge in [-0.15, -0.1) is 0 Å². The minimum absolute atomic E-state index is 0.133. The predicted molar refractivity (Wildman–Crippen MR) is 97.0 cm³/mol. The van der Waals surface area contributed by atoms with E-state index in [4.69, 9.17) is 9.15 Å². The lowest BCUT2D eigenvalue weighted by molar-refractivity contribution is 0.0526. The maximum absolute atomic E-state index is 12.4. The molecule has 138 valence electrons. The number of carbonyl (C=O) groups excluding carboxylic acids is 2. The number of carbonyl (C=O) groups is 2. The van der Waals surface area contributed by atoms with Gasteiger partial charge >= 0.3 is 12.0 Å². The van der Waals surface area contributed by atoms with Gasteiger partial charge in [0.2, 0.25) is 0 Å². The van der Waals surface area contributed by atoms with Gasteiger partial charge in [0.25, 0.3) is 0 Å². The van der Waals surface area contributed by atoms with Crippen LogP contribution in [0, 0.1) is 0 Å². The molecule has 0 spiro atoms. The van der Waals surface area contributed by atoms with Crippen LogP contribution in [0.2, 0.25) is 0 Å². The fraction of sp³-hybridized carbons (Fsp3) is 0.368. The topological polar surface area (TPSA) is 75.0 Å². The van der Waals surface area contributed by atoms with E-state index < -0.39 is 0 Å². The first-order valence-corrected chi connectivity index (χ1v) is 8.73. The molecule has 7 heteroatoms. The second-order valence-electron chi connectivity index (χ2n) is 6.07. The Morgan fingerprint density at radius 3 is 2.46 bits per heavy atom. The van der Waals surface area contributed by atoms with Crippen molar-refractivity contribution in [3.63, 3.8) is 0 Å². The molecule has 0 radical (unpaired) electrons. The number of esters is 1. The van der Waals surface area contributed by atoms with Crippen LogP contribution in [0.4, 0.5) is 10.5 Å². The van der Waals surface area contributed by atoms with E-state index in [-0.39, 0.29) is 12.0 Å². The molecule has 1 aromatic carbocycles. The lowest BCUT2D eigenvalue weighted by Crippen LogP contribution is -2.49. The normalized spacial score (nSPS) is 14.9. The molecule has 2 heterocycles. The summed E-state index contributed by atoms with van der Waals surface area (Å²) in [7, 11) is 0. The van der Waals surface area contributed by atoms with Gasteiger partial charge in [-0.25, -0.2) is 9.59 Å². The van der Waals surface area contributed by atoms with Crippen molar-refractivity contribution in [3.8, 4) is 0 Å². The lowest BCUT2D eigenvalue weighted by Gasteiger charge is -2.34. The van der Waals surface area contributed by atoms with Gasteiger partial charge < -0.3 is 19.4 Å². The molecular weight excluding hydrogens is 334 g/mol. The molecule has 0 saturated carbocycles. The average molecular weight is 357 g/mol. The molecule has 1 aromatic heterocycles. The smallest absolute Gasteiger partial charge is 0.338 e. The third-order valence-electron chi connectivity index (χ3n) is 4.27. The molecule has 0 unspecified atom stereocenters. The van der Waals surface area contributed by atoms with Gasteiger partial charge in [-0.2, -0.15) is 0 Å². The third-order valence-corrected chi connectivity index (χ3v) is 4.27. The van der Waals surface area contributed by atoms with Crippen molar-refractivity contribution in [1.82, 2.24) is 9.80 Å². The largest absolute Gasteiger partial charge is 0.468 e. The fourth-order valence-electron chi connectivity index (χ4n) is 2.84. The van der Waals surface area contributed by atoms with E-state index in [1.165, 1.54) is 0 Å². The summed E-state index contributed by atoms with van der Waals surface area (Å²) >= 11 is 0. The molecule has 1 saturated heterocycles. The average Bonchev–Trinajstić information content (AvgIpc) is 3.16. The highest BCUT2D eigenvalue weighted by Crippen LogP contribution is 2.13. The van der Waals surface area contributed by atoms with Crippen LogP contribution < -0.4 is 5.32 Å². The van der Waals surface area contributed by atoms with Gasteiger partial charge in [0.15, 0.2) is 0 Å². The van der Waals surface area contributed by atoms with Crippen LogP contribution in [0.3, 0.4) is 0 Å². The second kappa shape index (κ2) is 8.53. The summed E-state index contributed by atoms with van der Waals surface area (Å²) in [6.45, 7) is 5.79. The summed E-state index contributed by atoms with van der Waals surface area (Å²) in [5.41, 5.74) is 1.12. The Labute approximate surface area is 152 Å². The van der Waals surface area contributed by atoms with Crippen molar-refractivity contribution in [1.29, 1.82) is 0 Å². The number of nitrogens with one attached hydrogen (secondary N) is 1.